The maximum Gasteiger partial charge on any atom is 0.143 e. The average molecular weight is 440 g/mol. The molecular formula is C17H16Br2N2O2. The molecule has 2 bridgehead atoms. The van der Waals surface area contributed by atoms with Gasteiger partial charge in [-0.3, -0.25) is 0 Å². The van der Waals surface area contributed by atoms with Gasteiger partial charge < -0.3 is 19.3 Å². The van der Waals surface area contributed by atoms with Crippen LogP contribution in [-0.2, 0) is 13.1 Å². The highest BCUT2D eigenvalue weighted by Crippen LogP contribution is 2.47. The molecule has 0 aromatic heterocycles. The minimum absolute atomic E-state index is 0.840. The lowest BCUT2D eigenvalue weighted by molar-refractivity contribution is 0.406. The third kappa shape index (κ3) is 2.39. The molecule has 23 heavy (non-hydrogen) atoms. The summed E-state index contributed by atoms with van der Waals surface area (Å²) in [4.78, 5) is 4.72. The molecule has 0 fully saturated rings. The van der Waals surface area contributed by atoms with E-state index in [0.29, 0.717) is 0 Å². The summed E-state index contributed by atoms with van der Waals surface area (Å²) >= 11 is 7.17. The van der Waals surface area contributed by atoms with Crippen LogP contribution in [0.1, 0.15) is 11.1 Å². The Hall–Kier alpha value is -1.40. The average Bonchev–Trinajstić information content (AvgIpc) is 2.52. The second-order valence-corrected chi connectivity index (χ2v) is 7.60. The van der Waals surface area contributed by atoms with Gasteiger partial charge in [-0.1, -0.05) is 31.9 Å². The molecule has 2 aliphatic rings. The van der Waals surface area contributed by atoms with Crippen LogP contribution < -0.4 is 19.3 Å². The summed E-state index contributed by atoms with van der Waals surface area (Å²) in [6, 6.07) is 8.41. The smallest absolute Gasteiger partial charge is 0.143 e. The number of fused-ring (bicyclic) bond motifs is 6. The van der Waals surface area contributed by atoms with Crippen molar-refractivity contribution in [3.63, 3.8) is 0 Å². The number of hydrogen-bond donors (Lipinski definition) is 0. The minimum atomic E-state index is 0.840. The van der Waals surface area contributed by atoms with E-state index < -0.39 is 0 Å². The van der Waals surface area contributed by atoms with Crippen molar-refractivity contribution in [2.45, 2.75) is 13.1 Å². The summed E-state index contributed by atoms with van der Waals surface area (Å²) in [5, 5.41) is 0. The van der Waals surface area contributed by atoms with Gasteiger partial charge in [0, 0.05) is 22.0 Å². The van der Waals surface area contributed by atoms with Crippen molar-refractivity contribution in [2.24, 2.45) is 0 Å². The van der Waals surface area contributed by atoms with Gasteiger partial charge in [-0.2, -0.15) is 0 Å². The molecular weight excluding hydrogens is 424 g/mol. The second-order valence-electron chi connectivity index (χ2n) is 5.77. The Morgan fingerprint density at radius 1 is 0.783 bits per heavy atom. The molecule has 2 aromatic rings. The van der Waals surface area contributed by atoms with Gasteiger partial charge in [0.05, 0.1) is 32.3 Å². The molecule has 0 atom stereocenters. The molecule has 0 radical (unpaired) electrons. The van der Waals surface area contributed by atoms with E-state index >= 15 is 0 Å². The fourth-order valence-electron chi connectivity index (χ4n) is 3.54. The molecule has 0 aliphatic carbocycles. The van der Waals surface area contributed by atoms with Crippen LogP contribution >= 0.6 is 31.9 Å². The van der Waals surface area contributed by atoms with Gasteiger partial charge in [0.2, 0.25) is 0 Å². The molecule has 0 unspecified atom stereocenters. The number of ether oxygens (including phenoxy) is 2. The molecule has 0 saturated carbocycles. The second kappa shape index (κ2) is 5.60. The zero-order valence-electron chi connectivity index (χ0n) is 12.9. The van der Waals surface area contributed by atoms with Crippen molar-refractivity contribution in [1.82, 2.24) is 0 Å². The van der Waals surface area contributed by atoms with Crippen LogP contribution in [0.2, 0.25) is 0 Å². The van der Waals surface area contributed by atoms with Gasteiger partial charge in [0.25, 0.3) is 0 Å². The first kappa shape index (κ1) is 15.1. The summed E-state index contributed by atoms with van der Waals surface area (Å²) < 4.78 is 13.3. The largest absolute Gasteiger partial charge is 0.495 e. The molecule has 6 heteroatoms. The van der Waals surface area contributed by atoms with Crippen molar-refractivity contribution >= 4 is 43.2 Å². The first-order valence-electron chi connectivity index (χ1n) is 7.33. The molecule has 0 amide bonds. The van der Waals surface area contributed by atoms with Gasteiger partial charge in [0.1, 0.15) is 11.5 Å². The number of rotatable bonds is 2. The first-order chi connectivity index (χ1) is 11.1. The Morgan fingerprint density at radius 2 is 1.22 bits per heavy atom. The van der Waals surface area contributed by atoms with E-state index in [0.717, 1.165) is 40.2 Å². The lowest BCUT2D eigenvalue weighted by atomic mass is 10.0. The predicted molar refractivity (Wildman–Crippen MR) is 98.6 cm³/mol. The summed E-state index contributed by atoms with van der Waals surface area (Å²) in [6.07, 6.45) is 0. The Morgan fingerprint density at radius 3 is 1.61 bits per heavy atom. The first-order valence-corrected chi connectivity index (χ1v) is 8.92. The summed E-state index contributed by atoms with van der Waals surface area (Å²) in [5.74, 6) is 1.83. The van der Waals surface area contributed by atoms with Crippen molar-refractivity contribution in [2.75, 3.05) is 30.7 Å². The lowest BCUT2D eigenvalue weighted by Crippen LogP contribution is -2.46. The van der Waals surface area contributed by atoms with Crippen LogP contribution in [0.3, 0.4) is 0 Å². The Labute approximate surface area is 152 Å². The fraction of sp³-hybridized carbons (Fsp3) is 0.294. The van der Waals surface area contributed by atoms with E-state index in [1.807, 2.05) is 12.1 Å². The van der Waals surface area contributed by atoms with Crippen LogP contribution in [0.4, 0.5) is 11.4 Å². The Bertz CT molecular complexity index is 729. The van der Waals surface area contributed by atoms with Crippen molar-refractivity contribution in [3.8, 4) is 11.5 Å². The molecule has 4 nitrogen and oxygen atoms in total. The zero-order valence-corrected chi connectivity index (χ0v) is 16.1. The fourth-order valence-corrected chi connectivity index (χ4v) is 4.51. The van der Waals surface area contributed by atoms with Crippen molar-refractivity contribution in [1.29, 1.82) is 0 Å². The zero-order chi connectivity index (χ0) is 16.1. The Kier molecular flexibility index (Phi) is 3.69. The minimum Gasteiger partial charge on any atom is -0.495 e. The molecule has 4 rings (SSSR count). The number of methoxy groups -OCH3 is 2. The molecule has 120 valence electrons. The van der Waals surface area contributed by atoms with Crippen LogP contribution in [0.15, 0.2) is 33.2 Å². The normalized spacial score (nSPS) is 15.1. The molecule has 2 aromatic carbocycles. The maximum atomic E-state index is 5.62. The summed E-state index contributed by atoms with van der Waals surface area (Å²) in [6.45, 7) is 2.52. The molecule has 2 aliphatic heterocycles. The van der Waals surface area contributed by atoms with E-state index in [2.05, 4.69) is 53.8 Å². The number of nitrogens with zero attached hydrogens (tertiary/aromatic N) is 2. The van der Waals surface area contributed by atoms with E-state index in [1.165, 1.54) is 22.5 Å². The highest BCUT2D eigenvalue weighted by molar-refractivity contribution is 9.10. The van der Waals surface area contributed by atoms with Gasteiger partial charge in [0.15, 0.2) is 0 Å². The highest BCUT2D eigenvalue weighted by Gasteiger charge is 2.33. The topological polar surface area (TPSA) is 24.9 Å². The third-order valence-electron chi connectivity index (χ3n) is 4.37. The monoisotopic (exact) mass is 438 g/mol. The number of anilines is 2. The van der Waals surface area contributed by atoms with Gasteiger partial charge in [-0.15, -0.1) is 0 Å². The lowest BCUT2D eigenvalue weighted by Gasteiger charge is -2.45. The molecule has 0 spiro atoms. The highest BCUT2D eigenvalue weighted by atomic mass is 79.9. The Balaban J connectivity index is 1.87. The predicted octanol–water partition coefficient (Wildman–Crippen LogP) is 4.53. The molecule has 0 N–H and O–H groups in total. The maximum absolute atomic E-state index is 5.62. The molecule has 0 saturated heterocycles. The van der Waals surface area contributed by atoms with Gasteiger partial charge in [-0.05, 0) is 35.4 Å². The van der Waals surface area contributed by atoms with E-state index in [9.17, 15) is 0 Å². The number of hydrogen-bond acceptors (Lipinski definition) is 4. The summed E-state index contributed by atoms with van der Waals surface area (Å²) in [7, 11) is 3.46. The quantitative estimate of drug-likeness (QED) is 0.686. The van der Waals surface area contributed by atoms with Crippen LogP contribution in [0, 0.1) is 0 Å². The number of halogens is 2. The standard InChI is InChI=1S/C17H16Br2N2O2/c1-22-14-5-12(18)3-10-7-21-9-20(16(10)14)8-11-4-13(19)6-15(23-2)17(11)21/h3-6H,7-9H2,1-2H3. The SMILES string of the molecule is COc1cc(Br)cc2c1N1Cc3cc(Br)cc(OC)c3N(C2)C1. The van der Waals surface area contributed by atoms with Crippen LogP contribution in [0.5, 0.6) is 11.5 Å². The number of benzene rings is 2. The van der Waals surface area contributed by atoms with E-state index in [4.69, 9.17) is 9.47 Å². The third-order valence-corrected chi connectivity index (χ3v) is 5.29. The van der Waals surface area contributed by atoms with Crippen LogP contribution in [-0.4, -0.2) is 20.9 Å². The van der Waals surface area contributed by atoms with Crippen molar-refractivity contribution < 1.29 is 9.47 Å². The van der Waals surface area contributed by atoms with E-state index in [-0.39, 0.29) is 0 Å². The van der Waals surface area contributed by atoms with Crippen LogP contribution in [0.25, 0.3) is 0 Å². The molecule has 2 heterocycles. The summed E-state index contributed by atoms with van der Waals surface area (Å²) in [5.41, 5.74) is 4.91. The van der Waals surface area contributed by atoms with Gasteiger partial charge in [-0.25, -0.2) is 0 Å². The van der Waals surface area contributed by atoms with Gasteiger partial charge >= 0.3 is 0 Å². The van der Waals surface area contributed by atoms with Crippen molar-refractivity contribution in [3.05, 3.63) is 44.3 Å². The van der Waals surface area contributed by atoms with E-state index in [1.54, 1.807) is 14.2 Å².